The van der Waals surface area contributed by atoms with Crippen LogP contribution in [0.5, 0.6) is 0 Å². The van der Waals surface area contributed by atoms with Gasteiger partial charge in [0.15, 0.2) is 0 Å². The summed E-state index contributed by atoms with van der Waals surface area (Å²) in [4.78, 5) is 35.5. The lowest BCUT2D eigenvalue weighted by atomic mass is 9.98. The molecule has 2 aromatic rings. The summed E-state index contributed by atoms with van der Waals surface area (Å²) < 4.78 is 5.40. The second-order valence-corrected chi connectivity index (χ2v) is 8.70. The van der Waals surface area contributed by atoms with Crippen LogP contribution in [0.4, 0.5) is 4.79 Å². The molecule has 8 nitrogen and oxygen atoms in total. The Morgan fingerprint density at radius 2 is 1.61 bits per heavy atom. The number of amides is 2. The Morgan fingerprint density at radius 3 is 2.18 bits per heavy atom. The van der Waals surface area contributed by atoms with Gasteiger partial charge in [-0.3, -0.25) is 4.79 Å². The monoisotopic (exact) mass is 452 g/mol. The Balaban J connectivity index is 1.23. The summed E-state index contributed by atoms with van der Waals surface area (Å²) in [6.07, 6.45) is 0.209. The van der Waals surface area contributed by atoms with E-state index in [1.165, 1.54) is 0 Å². The molecule has 2 unspecified atom stereocenters. The van der Waals surface area contributed by atoms with Crippen molar-refractivity contribution < 1.29 is 29.3 Å². The molecule has 8 heteroatoms. The molecule has 0 aromatic heterocycles. The zero-order valence-electron chi connectivity index (χ0n) is 18.2. The number of hydrogen-bond acceptors (Lipinski definition) is 5. The van der Waals surface area contributed by atoms with Crippen molar-refractivity contribution in [3.63, 3.8) is 0 Å². The zero-order chi connectivity index (χ0) is 23.4. The van der Waals surface area contributed by atoms with Gasteiger partial charge in [0.25, 0.3) is 0 Å². The van der Waals surface area contributed by atoms with Crippen LogP contribution in [-0.2, 0) is 14.3 Å². The highest BCUT2D eigenvalue weighted by molar-refractivity contribution is 5.84. The highest BCUT2D eigenvalue weighted by atomic mass is 16.5. The van der Waals surface area contributed by atoms with E-state index < -0.39 is 30.1 Å². The van der Waals surface area contributed by atoms with Crippen molar-refractivity contribution >= 4 is 18.0 Å². The smallest absolute Gasteiger partial charge is 0.407 e. The molecule has 0 spiro atoms. The Hall–Kier alpha value is -3.39. The number of ether oxygens (including phenoxy) is 1. The number of hydrogen-bond donors (Lipinski definition) is 4. The van der Waals surface area contributed by atoms with Gasteiger partial charge < -0.3 is 25.6 Å². The Labute approximate surface area is 192 Å². The average molecular weight is 453 g/mol. The number of aliphatic carboxylic acids is 1. The van der Waals surface area contributed by atoms with Crippen LogP contribution in [0, 0.1) is 5.92 Å². The van der Waals surface area contributed by atoms with E-state index in [1.807, 2.05) is 36.4 Å². The Bertz CT molecular complexity index is 990. The van der Waals surface area contributed by atoms with E-state index in [2.05, 4.69) is 22.8 Å². The van der Waals surface area contributed by atoms with Crippen LogP contribution >= 0.6 is 0 Å². The lowest BCUT2D eigenvalue weighted by Gasteiger charge is -2.17. The molecule has 2 amide bonds. The van der Waals surface area contributed by atoms with Crippen molar-refractivity contribution in [1.29, 1.82) is 0 Å². The molecule has 0 saturated heterocycles. The number of carboxylic acid groups (broad SMARTS) is 1. The molecular weight excluding hydrogens is 424 g/mol. The molecular formula is C25H28N2O6. The van der Waals surface area contributed by atoms with E-state index in [9.17, 15) is 24.6 Å². The first-order chi connectivity index (χ1) is 15.9. The third-order valence-corrected chi connectivity index (χ3v) is 6.15. The second-order valence-electron chi connectivity index (χ2n) is 8.70. The summed E-state index contributed by atoms with van der Waals surface area (Å²) in [6.45, 7) is -0.0254. The summed E-state index contributed by atoms with van der Waals surface area (Å²) in [5.41, 5.74) is 4.46. The van der Waals surface area contributed by atoms with Gasteiger partial charge in [-0.15, -0.1) is 0 Å². The van der Waals surface area contributed by atoms with E-state index in [0.29, 0.717) is 12.3 Å². The summed E-state index contributed by atoms with van der Waals surface area (Å²) in [5, 5.41) is 24.2. The maximum absolute atomic E-state index is 12.2. The van der Waals surface area contributed by atoms with Gasteiger partial charge in [-0.2, -0.15) is 0 Å². The van der Waals surface area contributed by atoms with Gasteiger partial charge in [-0.05, 0) is 34.6 Å². The number of nitrogens with one attached hydrogen (secondary N) is 2. The largest absolute Gasteiger partial charge is 0.480 e. The third kappa shape index (κ3) is 5.70. The number of fused-ring (bicyclic) bond motifs is 3. The van der Waals surface area contributed by atoms with Gasteiger partial charge in [0.05, 0.1) is 12.5 Å². The molecule has 2 atom stereocenters. The number of rotatable bonds is 10. The van der Waals surface area contributed by atoms with E-state index in [0.717, 1.165) is 35.1 Å². The first kappa shape index (κ1) is 22.8. The molecule has 1 fully saturated rings. The fraction of sp³-hybridized carbons (Fsp3) is 0.400. The van der Waals surface area contributed by atoms with Crippen molar-refractivity contribution in [3.8, 4) is 11.1 Å². The standard InChI is InChI=1S/C25H28N2O6/c28-16(12-23(29)27-22(24(30)31)11-15-9-10-15)13-26-25(32)33-14-21-19-7-3-1-5-17(19)18-6-2-4-8-20(18)21/h1-8,15-16,21-22,28H,9-14H2,(H,26,32)(H,27,29)(H,30,31). The van der Waals surface area contributed by atoms with Crippen molar-refractivity contribution in [2.75, 3.05) is 13.2 Å². The highest BCUT2D eigenvalue weighted by Crippen LogP contribution is 2.44. The quantitative estimate of drug-likeness (QED) is 0.439. The number of aliphatic hydroxyl groups is 1. The van der Waals surface area contributed by atoms with Crippen LogP contribution in [0.3, 0.4) is 0 Å². The van der Waals surface area contributed by atoms with Crippen LogP contribution in [0.25, 0.3) is 11.1 Å². The lowest BCUT2D eigenvalue weighted by Crippen LogP contribution is -2.43. The molecule has 0 bridgehead atoms. The maximum Gasteiger partial charge on any atom is 0.407 e. The Morgan fingerprint density at radius 1 is 1.00 bits per heavy atom. The molecule has 2 aliphatic carbocycles. The van der Waals surface area contributed by atoms with Gasteiger partial charge in [0.2, 0.25) is 5.91 Å². The molecule has 0 aliphatic heterocycles. The van der Waals surface area contributed by atoms with Gasteiger partial charge >= 0.3 is 12.1 Å². The van der Waals surface area contributed by atoms with Crippen LogP contribution in [0.2, 0.25) is 0 Å². The predicted molar refractivity (Wildman–Crippen MR) is 121 cm³/mol. The van der Waals surface area contributed by atoms with E-state index in [-0.39, 0.29) is 25.5 Å². The van der Waals surface area contributed by atoms with E-state index in [1.54, 1.807) is 0 Å². The third-order valence-electron chi connectivity index (χ3n) is 6.15. The fourth-order valence-electron chi connectivity index (χ4n) is 4.30. The van der Waals surface area contributed by atoms with Crippen LogP contribution in [0.1, 0.15) is 42.7 Å². The highest BCUT2D eigenvalue weighted by Gasteiger charge is 2.31. The first-order valence-electron chi connectivity index (χ1n) is 11.2. The number of carboxylic acids is 1. The number of alkyl carbamates (subject to hydrolysis) is 1. The number of carbonyl (C=O) groups is 3. The van der Waals surface area contributed by atoms with Crippen molar-refractivity contribution in [1.82, 2.24) is 10.6 Å². The molecule has 4 rings (SSSR count). The molecule has 2 aliphatic rings. The van der Waals surface area contributed by atoms with E-state index in [4.69, 9.17) is 4.74 Å². The number of benzene rings is 2. The van der Waals surface area contributed by atoms with Gasteiger partial charge in [0.1, 0.15) is 12.6 Å². The lowest BCUT2D eigenvalue weighted by molar-refractivity contribution is -0.142. The number of carbonyl (C=O) groups excluding carboxylic acids is 2. The maximum atomic E-state index is 12.2. The van der Waals surface area contributed by atoms with Crippen LogP contribution < -0.4 is 10.6 Å². The topological polar surface area (TPSA) is 125 Å². The summed E-state index contributed by atoms with van der Waals surface area (Å²) >= 11 is 0. The predicted octanol–water partition coefficient (Wildman–Crippen LogP) is 2.65. The van der Waals surface area contributed by atoms with Crippen molar-refractivity contribution in [2.45, 2.75) is 43.7 Å². The zero-order valence-corrected chi connectivity index (χ0v) is 18.2. The second kappa shape index (κ2) is 10.0. The fourth-order valence-corrected chi connectivity index (χ4v) is 4.30. The SMILES string of the molecule is O=C(CC(O)CNC(=O)OCC1c2ccccc2-c2ccccc21)NC(CC1CC1)C(=O)O. The normalized spacial score (nSPS) is 16.3. The van der Waals surface area contributed by atoms with Gasteiger partial charge in [0, 0.05) is 12.5 Å². The average Bonchev–Trinajstić information content (AvgIpc) is 3.56. The number of aliphatic hydroxyl groups excluding tert-OH is 1. The summed E-state index contributed by atoms with van der Waals surface area (Å²) in [7, 11) is 0. The first-order valence-corrected chi connectivity index (χ1v) is 11.2. The molecule has 174 valence electrons. The Kier molecular flexibility index (Phi) is 6.93. The summed E-state index contributed by atoms with van der Waals surface area (Å²) in [5.74, 6) is -1.38. The molecule has 2 aromatic carbocycles. The van der Waals surface area contributed by atoms with Gasteiger partial charge in [-0.1, -0.05) is 61.4 Å². The van der Waals surface area contributed by atoms with Crippen molar-refractivity contribution in [2.24, 2.45) is 5.92 Å². The molecule has 0 heterocycles. The minimum atomic E-state index is -1.15. The minimum Gasteiger partial charge on any atom is -0.480 e. The molecule has 0 radical (unpaired) electrons. The van der Waals surface area contributed by atoms with Gasteiger partial charge in [-0.25, -0.2) is 9.59 Å². The summed E-state index contributed by atoms with van der Waals surface area (Å²) in [6, 6.07) is 15.1. The van der Waals surface area contributed by atoms with E-state index >= 15 is 0 Å². The molecule has 1 saturated carbocycles. The van der Waals surface area contributed by atoms with Crippen molar-refractivity contribution in [3.05, 3.63) is 59.7 Å². The van der Waals surface area contributed by atoms with Crippen LogP contribution in [0.15, 0.2) is 48.5 Å². The molecule has 4 N–H and O–H groups in total. The van der Waals surface area contributed by atoms with Crippen LogP contribution in [-0.4, -0.2) is 53.5 Å². The minimum absolute atomic E-state index is 0.0710. The molecule has 33 heavy (non-hydrogen) atoms.